The highest BCUT2D eigenvalue weighted by Gasteiger charge is 2.01. The van der Waals surface area contributed by atoms with E-state index in [2.05, 4.69) is 63.3 Å². The summed E-state index contributed by atoms with van der Waals surface area (Å²) in [5.41, 5.74) is 3.77. The van der Waals surface area contributed by atoms with Crippen molar-refractivity contribution in [2.45, 2.75) is 26.8 Å². The maximum Gasteiger partial charge on any atom is 0.0373 e. The smallest absolute Gasteiger partial charge is 0.0373 e. The number of benzene rings is 1. The van der Waals surface area contributed by atoms with E-state index in [1.165, 1.54) is 16.9 Å². The Morgan fingerprint density at radius 1 is 1.21 bits per heavy atom. The zero-order valence-electron chi connectivity index (χ0n) is 9.76. The van der Waals surface area contributed by atoms with E-state index >= 15 is 0 Å². The first-order valence-electron chi connectivity index (χ1n) is 5.05. The maximum absolute atomic E-state index is 3.42. The normalized spacial score (nSPS) is 10.4. The molecule has 0 amide bonds. The van der Waals surface area contributed by atoms with Gasteiger partial charge in [0.15, 0.2) is 0 Å². The van der Waals surface area contributed by atoms with Crippen LogP contribution in [0.5, 0.6) is 0 Å². The molecule has 0 aromatic heterocycles. The predicted octanol–water partition coefficient (Wildman–Crippen LogP) is 2.88. The lowest BCUT2D eigenvalue weighted by atomic mass is 10.1. The van der Waals surface area contributed by atoms with E-state index in [1.807, 2.05) is 0 Å². The van der Waals surface area contributed by atoms with Gasteiger partial charge in [0, 0.05) is 31.5 Å². The van der Waals surface area contributed by atoms with Crippen molar-refractivity contribution in [3.8, 4) is 0 Å². The average molecular weight is 192 g/mol. The Morgan fingerprint density at radius 2 is 1.86 bits per heavy atom. The van der Waals surface area contributed by atoms with Gasteiger partial charge in [-0.05, 0) is 44.5 Å². The fourth-order valence-corrected chi connectivity index (χ4v) is 1.40. The standard InChI is InChI=1S/C12H20N2/c1-9(2)13-12-7-6-11(14(4)5)8-10(12)3/h6-9,13H,1-5H3. The lowest BCUT2D eigenvalue weighted by Crippen LogP contribution is -2.12. The molecule has 0 radical (unpaired) electrons. The van der Waals surface area contributed by atoms with Crippen molar-refractivity contribution >= 4 is 11.4 Å². The first kappa shape index (κ1) is 10.9. The zero-order valence-corrected chi connectivity index (χ0v) is 9.76. The summed E-state index contributed by atoms with van der Waals surface area (Å²) in [6.45, 7) is 6.44. The molecule has 1 rings (SSSR count). The largest absolute Gasteiger partial charge is 0.383 e. The highest BCUT2D eigenvalue weighted by atomic mass is 15.1. The van der Waals surface area contributed by atoms with Gasteiger partial charge in [-0.3, -0.25) is 0 Å². The molecule has 0 saturated carbocycles. The Hall–Kier alpha value is -1.18. The van der Waals surface area contributed by atoms with Crippen molar-refractivity contribution in [3.63, 3.8) is 0 Å². The minimum atomic E-state index is 0.485. The molecule has 1 aromatic carbocycles. The fourth-order valence-electron chi connectivity index (χ4n) is 1.40. The predicted molar refractivity (Wildman–Crippen MR) is 64.3 cm³/mol. The molecule has 2 heteroatoms. The van der Waals surface area contributed by atoms with Crippen molar-refractivity contribution < 1.29 is 0 Å². The molecule has 0 fully saturated rings. The van der Waals surface area contributed by atoms with Crippen LogP contribution in [0.4, 0.5) is 11.4 Å². The third-order valence-corrected chi connectivity index (χ3v) is 2.17. The third kappa shape index (κ3) is 2.66. The van der Waals surface area contributed by atoms with E-state index in [0.29, 0.717) is 6.04 Å². The summed E-state index contributed by atoms with van der Waals surface area (Å²) in [4.78, 5) is 2.12. The Balaban J connectivity index is 2.90. The van der Waals surface area contributed by atoms with E-state index in [0.717, 1.165) is 0 Å². The van der Waals surface area contributed by atoms with Crippen LogP contribution in [-0.4, -0.2) is 20.1 Å². The molecule has 1 aromatic rings. The molecule has 0 aliphatic rings. The molecular weight excluding hydrogens is 172 g/mol. The highest BCUT2D eigenvalue weighted by molar-refractivity contribution is 5.60. The zero-order chi connectivity index (χ0) is 10.7. The van der Waals surface area contributed by atoms with Crippen molar-refractivity contribution in [2.75, 3.05) is 24.3 Å². The first-order valence-corrected chi connectivity index (χ1v) is 5.05. The second-order valence-electron chi connectivity index (χ2n) is 4.19. The summed E-state index contributed by atoms with van der Waals surface area (Å²) in [6.07, 6.45) is 0. The molecule has 0 unspecified atom stereocenters. The second kappa shape index (κ2) is 4.36. The number of nitrogens with zero attached hydrogens (tertiary/aromatic N) is 1. The SMILES string of the molecule is Cc1cc(N(C)C)ccc1NC(C)C. The lowest BCUT2D eigenvalue weighted by Gasteiger charge is -2.17. The van der Waals surface area contributed by atoms with Gasteiger partial charge in [-0.25, -0.2) is 0 Å². The molecular formula is C12H20N2. The van der Waals surface area contributed by atoms with Crippen LogP contribution in [-0.2, 0) is 0 Å². The van der Waals surface area contributed by atoms with Crippen molar-refractivity contribution in [2.24, 2.45) is 0 Å². The third-order valence-electron chi connectivity index (χ3n) is 2.17. The Bertz CT molecular complexity index is 303. The molecule has 14 heavy (non-hydrogen) atoms. The van der Waals surface area contributed by atoms with Crippen molar-refractivity contribution in [3.05, 3.63) is 23.8 Å². The molecule has 0 aliphatic carbocycles. The molecule has 0 bridgehead atoms. The topological polar surface area (TPSA) is 15.3 Å². The van der Waals surface area contributed by atoms with Gasteiger partial charge in [0.2, 0.25) is 0 Å². The number of rotatable bonds is 3. The summed E-state index contributed by atoms with van der Waals surface area (Å²) < 4.78 is 0. The fraction of sp³-hybridized carbons (Fsp3) is 0.500. The summed E-state index contributed by atoms with van der Waals surface area (Å²) in [5.74, 6) is 0. The van der Waals surface area contributed by atoms with Crippen LogP contribution in [0.3, 0.4) is 0 Å². The maximum atomic E-state index is 3.42. The van der Waals surface area contributed by atoms with Crippen LogP contribution in [0.2, 0.25) is 0 Å². The van der Waals surface area contributed by atoms with Gasteiger partial charge in [0.1, 0.15) is 0 Å². The van der Waals surface area contributed by atoms with Gasteiger partial charge in [0.25, 0.3) is 0 Å². The number of nitrogens with one attached hydrogen (secondary N) is 1. The van der Waals surface area contributed by atoms with Crippen LogP contribution in [0.1, 0.15) is 19.4 Å². The molecule has 2 nitrogen and oxygen atoms in total. The molecule has 0 spiro atoms. The molecule has 0 heterocycles. The van der Waals surface area contributed by atoms with Gasteiger partial charge in [0.05, 0.1) is 0 Å². The summed E-state index contributed by atoms with van der Waals surface area (Å²) in [7, 11) is 4.12. The minimum absolute atomic E-state index is 0.485. The van der Waals surface area contributed by atoms with Gasteiger partial charge in [-0.1, -0.05) is 0 Å². The average Bonchev–Trinajstić information content (AvgIpc) is 2.07. The van der Waals surface area contributed by atoms with Gasteiger partial charge in [-0.2, -0.15) is 0 Å². The van der Waals surface area contributed by atoms with E-state index in [9.17, 15) is 0 Å². The van der Waals surface area contributed by atoms with Gasteiger partial charge < -0.3 is 10.2 Å². The van der Waals surface area contributed by atoms with E-state index in [-0.39, 0.29) is 0 Å². The highest BCUT2D eigenvalue weighted by Crippen LogP contribution is 2.21. The Labute approximate surface area is 86.9 Å². The van der Waals surface area contributed by atoms with Crippen molar-refractivity contribution in [1.82, 2.24) is 0 Å². The number of anilines is 2. The quantitative estimate of drug-likeness (QED) is 0.792. The van der Waals surface area contributed by atoms with Crippen LogP contribution >= 0.6 is 0 Å². The van der Waals surface area contributed by atoms with Crippen LogP contribution in [0.15, 0.2) is 18.2 Å². The van der Waals surface area contributed by atoms with Crippen LogP contribution < -0.4 is 10.2 Å². The Morgan fingerprint density at radius 3 is 2.29 bits per heavy atom. The molecule has 0 atom stereocenters. The molecule has 1 N–H and O–H groups in total. The summed E-state index contributed by atoms with van der Waals surface area (Å²) in [5, 5.41) is 3.42. The summed E-state index contributed by atoms with van der Waals surface area (Å²) in [6, 6.07) is 6.96. The summed E-state index contributed by atoms with van der Waals surface area (Å²) >= 11 is 0. The molecule has 78 valence electrons. The first-order chi connectivity index (χ1) is 6.50. The van der Waals surface area contributed by atoms with E-state index < -0.39 is 0 Å². The molecule has 0 aliphatic heterocycles. The van der Waals surface area contributed by atoms with E-state index in [4.69, 9.17) is 0 Å². The minimum Gasteiger partial charge on any atom is -0.383 e. The van der Waals surface area contributed by atoms with Crippen molar-refractivity contribution in [1.29, 1.82) is 0 Å². The van der Waals surface area contributed by atoms with Crippen LogP contribution in [0, 0.1) is 6.92 Å². The van der Waals surface area contributed by atoms with Crippen LogP contribution in [0.25, 0.3) is 0 Å². The second-order valence-corrected chi connectivity index (χ2v) is 4.19. The van der Waals surface area contributed by atoms with Gasteiger partial charge in [-0.15, -0.1) is 0 Å². The molecule has 0 saturated heterocycles. The number of hydrogen-bond donors (Lipinski definition) is 1. The number of aryl methyl sites for hydroxylation is 1. The van der Waals surface area contributed by atoms with Gasteiger partial charge >= 0.3 is 0 Å². The number of hydrogen-bond acceptors (Lipinski definition) is 2. The Kier molecular flexibility index (Phi) is 3.39. The lowest BCUT2D eigenvalue weighted by molar-refractivity contribution is 0.897. The monoisotopic (exact) mass is 192 g/mol. The van der Waals surface area contributed by atoms with E-state index in [1.54, 1.807) is 0 Å².